The van der Waals surface area contributed by atoms with Gasteiger partial charge in [0.05, 0.1) is 12.0 Å². The van der Waals surface area contributed by atoms with Gasteiger partial charge in [-0.25, -0.2) is 4.98 Å². The van der Waals surface area contributed by atoms with E-state index in [0.717, 1.165) is 12.5 Å². The number of imidazole rings is 1. The molecule has 3 nitrogen and oxygen atoms in total. The monoisotopic (exact) mass is 261 g/mol. The predicted octanol–water partition coefficient (Wildman–Crippen LogP) is 3.84. The van der Waals surface area contributed by atoms with Crippen molar-refractivity contribution in [1.29, 1.82) is 0 Å². The van der Waals surface area contributed by atoms with Crippen molar-refractivity contribution in [2.75, 3.05) is 6.54 Å². The summed E-state index contributed by atoms with van der Waals surface area (Å²) in [6, 6.07) is 1.23. The summed E-state index contributed by atoms with van der Waals surface area (Å²) in [5.41, 5.74) is 1.43. The minimum absolute atomic E-state index is 0.539. The second kappa shape index (κ2) is 6.08. The molecule has 1 saturated heterocycles. The van der Waals surface area contributed by atoms with Crippen LogP contribution in [0.4, 0.5) is 0 Å². The molecule has 0 amide bonds. The third-order valence-corrected chi connectivity index (χ3v) is 4.98. The number of hydrogen-bond acceptors (Lipinski definition) is 2. The number of hydrogen-bond donors (Lipinski definition) is 1. The maximum atomic E-state index is 4.45. The van der Waals surface area contributed by atoms with Gasteiger partial charge in [0.15, 0.2) is 0 Å². The van der Waals surface area contributed by atoms with Crippen LogP contribution in [0.5, 0.6) is 0 Å². The lowest BCUT2D eigenvalue weighted by atomic mass is 10.0. The Morgan fingerprint density at radius 1 is 1.11 bits per heavy atom. The van der Waals surface area contributed by atoms with E-state index in [2.05, 4.69) is 34.3 Å². The number of rotatable bonds is 2. The number of piperidine rings is 1. The molecule has 3 rings (SSSR count). The molecule has 0 radical (unpaired) electrons. The summed E-state index contributed by atoms with van der Waals surface area (Å²) in [6.45, 7) is 3.57. The fourth-order valence-electron chi connectivity index (χ4n) is 3.74. The SMILES string of the molecule is CC1CCCC(n2cncc2C2CCCCN2)CC1. The Balaban J connectivity index is 1.75. The molecule has 2 heterocycles. The Hall–Kier alpha value is -0.830. The van der Waals surface area contributed by atoms with Crippen LogP contribution in [-0.4, -0.2) is 16.1 Å². The topological polar surface area (TPSA) is 29.9 Å². The first-order valence-electron chi connectivity index (χ1n) is 8.09. The Labute approximate surface area is 116 Å². The summed E-state index contributed by atoms with van der Waals surface area (Å²) in [6.07, 6.45) is 14.9. The summed E-state index contributed by atoms with van der Waals surface area (Å²) >= 11 is 0. The highest BCUT2D eigenvalue weighted by Crippen LogP contribution is 2.33. The van der Waals surface area contributed by atoms with Gasteiger partial charge in [-0.15, -0.1) is 0 Å². The highest BCUT2D eigenvalue weighted by Gasteiger charge is 2.23. The van der Waals surface area contributed by atoms with Crippen molar-refractivity contribution >= 4 is 0 Å². The molecule has 1 aliphatic heterocycles. The van der Waals surface area contributed by atoms with Crippen LogP contribution in [0.3, 0.4) is 0 Å². The molecular formula is C16H27N3. The molecule has 1 aliphatic carbocycles. The average Bonchev–Trinajstić information content (AvgIpc) is 2.83. The molecule has 1 N–H and O–H groups in total. The third kappa shape index (κ3) is 3.02. The second-order valence-corrected chi connectivity index (χ2v) is 6.50. The first-order valence-corrected chi connectivity index (χ1v) is 8.09. The van der Waals surface area contributed by atoms with Crippen LogP contribution >= 0.6 is 0 Å². The van der Waals surface area contributed by atoms with Gasteiger partial charge in [-0.05, 0) is 44.6 Å². The lowest BCUT2D eigenvalue weighted by Gasteiger charge is -2.27. The van der Waals surface area contributed by atoms with Crippen LogP contribution in [0.2, 0.25) is 0 Å². The van der Waals surface area contributed by atoms with E-state index in [9.17, 15) is 0 Å². The van der Waals surface area contributed by atoms with E-state index in [4.69, 9.17) is 0 Å². The molecule has 1 aromatic rings. The van der Waals surface area contributed by atoms with Gasteiger partial charge in [0.25, 0.3) is 0 Å². The zero-order valence-corrected chi connectivity index (χ0v) is 12.1. The van der Waals surface area contributed by atoms with Gasteiger partial charge in [-0.1, -0.05) is 26.2 Å². The smallest absolute Gasteiger partial charge is 0.0951 e. The van der Waals surface area contributed by atoms with E-state index in [1.807, 2.05) is 0 Å². The van der Waals surface area contributed by atoms with Crippen molar-refractivity contribution in [1.82, 2.24) is 14.9 Å². The molecule has 0 bridgehead atoms. The first-order chi connectivity index (χ1) is 9.34. The molecule has 1 saturated carbocycles. The Morgan fingerprint density at radius 2 is 2.05 bits per heavy atom. The fourth-order valence-corrected chi connectivity index (χ4v) is 3.74. The molecule has 3 heteroatoms. The Bertz CT molecular complexity index is 392. The minimum Gasteiger partial charge on any atom is -0.330 e. The molecule has 0 spiro atoms. The zero-order valence-electron chi connectivity index (χ0n) is 12.1. The maximum Gasteiger partial charge on any atom is 0.0951 e. The predicted molar refractivity (Wildman–Crippen MR) is 78.1 cm³/mol. The van der Waals surface area contributed by atoms with Crippen LogP contribution in [-0.2, 0) is 0 Å². The highest BCUT2D eigenvalue weighted by atomic mass is 15.1. The zero-order chi connectivity index (χ0) is 13.1. The standard InChI is InChI=1S/C16H27N3/c1-13-5-4-6-14(9-8-13)19-12-17-11-16(19)15-7-2-3-10-18-15/h11-15,18H,2-10H2,1H3. The molecule has 3 atom stereocenters. The van der Waals surface area contributed by atoms with Crippen LogP contribution in [0.25, 0.3) is 0 Å². The maximum absolute atomic E-state index is 4.45. The molecule has 3 unspecified atom stereocenters. The minimum atomic E-state index is 0.539. The summed E-state index contributed by atoms with van der Waals surface area (Å²) in [5, 5.41) is 3.66. The quantitative estimate of drug-likeness (QED) is 0.820. The van der Waals surface area contributed by atoms with Gasteiger partial charge in [0, 0.05) is 18.3 Å². The van der Waals surface area contributed by atoms with Crippen LogP contribution in [0.1, 0.15) is 76.1 Å². The lowest BCUT2D eigenvalue weighted by Crippen LogP contribution is -2.29. The van der Waals surface area contributed by atoms with Gasteiger partial charge in [0.2, 0.25) is 0 Å². The lowest BCUT2D eigenvalue weighted by molar-refractivity contribution is 0.362. The molecule has 2 fully saturated rings. The van der Waals surface area contributed by atoms with Crippen molar-refractivity contribution in [3.05, 3.63) is 18.2 Å². The summed E-state index contributed by atoms with van der Waals surface area (Å²) < 4.78 is 2.49. The average molecular weight is 261 g/mol. The normalized spacial score (nSPS) is 33.0. The van der Waals surface area contributed by atoms with Crippen LogP contribution in [0, 0.1) is 5.92 Å². The van der Waals surface area contributed by atoms with Crippen molar-refractivity contribution in [2.24, 2.45) is 5.92 Å². The fraction of sp³-hybridized carbons (Fsp3) is 0.812. The molecule has 19 heavy (non-hydrogen) atoms. The van der Waals surface area contributed by atoms with Gasteiger partial charge < -0.3 is 9.88 Å². The molecular weight excluding hydrogens is 234 g/mol. The van der Waals surface area contributed by atoms with Crippen molar-refractivity contribution in [3.8, 4) is 0 Å². The van der Waals surface area contributed by atoms with E-state index >= 15 is 0 Å². The molecule has 0 aromatic carbocycles. The van der Waals surface area contributed by atoms with Crippen molar-refractivity contribution in [3.63, 3.8) is 0 Å². The number of aromatic nitrogens is 2. The summed E-state index contributed by atoms with van der Waals surface area (Å²) in [5.74, 6) is 0.907. The second-order valence-electron chi connectivity index (χ2n) is 6.50. The Morgan fingerprint density at radius 3 is 2.89 bits per heavy atom. The number of nitrogens with zero attached hydrogens (tertiary/aromatic N) is 2. The first kappa shape index (κ1) is 13.2. The molecule has 1 aromatic heterocycles. The van der Waals surface area contributed by atoms with Crippen LogP contribution < -0.4 is 5.32 Å². The number of nitrogens with one attached hydrogen (secondary N) is 1. The highest BCUT2D eigenvalue weighted by molar-refractivity contribution is 5.08. The molecule has 2 aliphatic rings. The van der Waals surface area contributed by atoms with Gasteiger partial charge in [-0.2, -0.15) is 0 Å². The van der Waals surface area contributed by atoms with E-state index < -0.39 is 0 Å². The third-order valence-electron chi connectivity index (χ3n) is 4.98. The van der Waals surface area contributed by atoms with E-state index in [-0.39, 0.29) is 0 Å². The summed E-state index contributed by atoms with van der Waals surface area (Å²) in [7, 11) is 0. The van der Waals surface area contributed by atoms with E-state index in [0.29, 0.717) is 12.1 Å². The summed E-state index contributed by atoms with van der Waals surface area (Å²) in [4.78, 5) is 4.45. The largest absolute Gasteiger partial charge is 0.330 e. The Kier molecular flexibility index (Phi) is 4.21. The van der Waals surface area contributed by atoms with Crippen LogP contribution in [0.15, 0.2) is 12.5 Å². The van der Waals surface area contributed by atoms with E-state index in [1.54, 1.807) is 0 Å². The van der Waals surface area contributed by atoms with Gasteiger partial charge in [-0.3, -0.25) is 0 Å². The van der Waals surface area contributed by atoms with Crippen molar-refractivity contribution < 1.29 is 0 Å². The molecule has 106 valence electrons. The van der Waals surface area contributed by atoms with E-state index in [1.165, 1.54) is 57.1 Å². The van der Waals surface area contributed by atoms with Gasteiger partial charge >= 0.3 is 0 Å². The van der Waals surface area contributed by atoms with Crippen molar-refractivity contribution in [2.45, 2.75) is 70.4 Å². The van der Waals surface area contributed by atoms with Gasteiger partial charge in [0.1, 0.15) is 0 Å².